The molecule has 2 rings (SSSR count). The molecule has 0 saturated carbocycles. The van der Waals surface area contributed by atoms with Crippen molar-refractivity contribution in [3.05, 3.63) is 0 Å². The molecular formula is C15H29NO2S. The molecule has 2 aliphatic heterocycles. The molecule has 2 aliphatic rings. The maximum absolute atomic E-state index is 6.09. The van der Waals surface area contributed by atoms with E-state index < -0.39 is 0 Å². The van der Waals surface area contributed by atoms with Crippen molar-refractivity contribution in [1.82, 2.24) is 5.32 Å². The number of thioether (sulfide) groups is 1. The van der Waals surface area contributed by atoms with E-state index >= 15 is 0 Å². The number of hydrogen-bond acceptors (Lipinski definition) is 4. The maximum Gasteiger partial charge on any atom is 0.0795 e. The first-order valence-electron chi connectivity index (χ1n) is 7.71. The zero-order chi connectivity index (χ0) is 13.7. The van der Waals surface area contributed by atoms with Crippen LogP contribution in [0, 0.1) is 5.92 Å². The van der Waals surface area contributed by atoms with E-state index in [0.717, 1.165) is 26.2 Å². The molecule has 0 aromatic heterocycles. The van der Waals surface area contributed by atoms with Gasteiger partial charge in [0.05, 0.1) is 12.2 Å². The summed E-state index contributed by atoms with van der Waals surface area (Å²) in [6.07, 6.45) is 3.55. The van der Waals surface area contributed by atoms with Crippen LogP contribution in [0.15, 0.2) is 0 Å². The lowest BCUT2D eigenvalue weighted by Crippen LogP contribution is -2.52. The summed E-state index contributed by atoms with van der Waals surface area (Å²) in [4.78, 5) is 0. The molecule has 19 heavy (non-hydrogen) atoms. The molecule has 3 nitrogen and oxygen atoms in total. The normalized spacial score (nSPS) is 33.2. The molecule has 0 aromatic rings. The maximum atomic E-state index is 6.09. The predicted molar refractivity (Wildman–Crippen MR) is 81.9 cm³/mol. The molecule has 4 heteroatoms. The highest BCUT2D eigenvalue weighted by atomic mass is 32.2. The summed E-state index contributed by atoms with van der Waals surface area (Å²) in [6, 6.07) is 1.06. The van der Waals surface area contributed by atoms with Gasteiger partial charge in [0.15, 0.2) is 0 Å². The summed E-state index contributed by atoms with van der Waals surface area (Å²) in [5, 5.41) is 3.83. The number of nitrogens with one attached hydrogen (secondary N) is 1. The predicted octanol–water partition coefficient (Wildman–Crippen LogP) is 2.69. The Bertz CT molecular complexity index is 267. The van der Waals surface area contributed by atoms with Crippen molar-refractivity contribution in [2.24, 2.45) is 5.92 Å². The summed E-state index contributed by atoms with van der Waals surface area (Å²) in [5.74, 6) is 3.06. The summed E-state index contributed by atoms with van der Waals surface area (Å²) in [5.41, 5.74) is 0.174. The molecule has 2 fully saturated rings. The second-order valence-corrected chi connectivity index (χ2v) is 7.31. The van der Waals surface area contributed by atoms with Crippen LogP contribution < -0.4 is 5.32 Å². The summed E-state index contributed by atoms with van der Waals surface area (Å²) < 4.78 is 11.7. The molecule has 2 saturated heterocycles. The molecule has 0 aliphatic carbocycles. The van der Waals surface area contributed by atoms with E-state index in [-0.39, 0.29) is 5.60 Å². The topological polar surface area (TPSA) is 30.5 Å². The number of hydrogen-bond donors (Lipinski definition) is 1. The van der Waals surface area contributed by atoms with Crippen LogP contribution in [0.2, 0.25) is 0 Å². The SMILES string of the molecule is CCOCC(NC1CCOC2(CCSC2)C1)C(C)C. The van der Waals surface area contributed by atoms with Gasteiger partial charge in [0.25, 0.3) is 0 Å². The van der Waals surface area contributed by atoms with Gasteiger partial charge in [0, 0.05) is 31.1 Å². The first-order valence-corrected chi connectivity index (χ1v) is 8.86. The molecule has 3 unspecified atom stereocenters. The van der Waals surface area contributed by atoms with Crippen LogP contribution in [-0.2, 0) is 9.47 Å². The van der Waals surface area contributed by atoms with Crippen molar-refractivity contribution in [3.8, 4) is 0 Å². The summed E-state index contributed by atoms with van der Waals surface area (Å²) >= 11 is 2.04. The highest BCUT2D eigenvalue weighted by molar-refractivity contribution is 7.99. The molecule has 3 atom stereocenters. The Labute approximate surface area is 122 Å². The Morgan fingerprint density at radius 1 is 1.47 bits per heavy atom. The lowest BCUT2D eigenvalue weighted by Gasteiger charge is -2.40. The largest absolute Gasteiger partial charge is 0.380 e. The van der Waals surface area contributed by atoms with Crippen molar-refractivity contribution >= 4 is 11.8 Å². The van der Waals surface area contributed by atoms with Crippen LogP contribution in [-0.4, -0.2) is 49.0 Å². The molecular weight excluding hydrogens is 258 g/mol. The molecule has 112 valence electrons. The van der Waals surface area contributed by atoms with Gasteiger partial charge in [-0.2, -0.15) is 11.8 Å². The standard InChI is InChI=1S/C15H29NO2S/c1-4-17-10-14(12(2)3)16-13-5-7-18-15(9-13)6-8-19-11-15/h12-14,16H,4-11H2,1-3H3. The average Bonchev–Trinajstić information content (AvgIpc) is 2.82. The molecule has 0 amide bonds. The minimum Gasteiger partial charge on any atom is -0.380 e. The number of ether oxygens (including phenoxy) is 2. The van der Waals surface area contributed by atoms with Crippen molar-refractivity contribution in [2.45, 2.75) is 57.7 Å². The Morgan fingerprint density at radius 3 is 2.95 bits per heavy atom. The Kier molecular flexibility index (Phi) is 6.00. The van der Waals surface area contributed by atoms with Crippen molar-refractivity contribution in [2.75, 3.05) is 31.3 Å². The van der Waals surface area contributed by atoms with E-state index in [1.165, 1.54) is 24.3 Å². The molecule has 0 bridgehead atoms. The zero-order valence-corrected chi connectivity index (χ0v) is 13.4. The fraction of sp³-hybridized carbons (Fsp3) is 1.00. The molecule has 0 radical (unpaired) electrons. The van der Waals surface area contributed by atoms with Crippen LogP contribution >= 0.6 is 11.8 Å². The minimum absolute atomic E-state index is 0.174. The molecule has 0 aromatic carbocycles. The van der Waals surface area contributed by atoms with Gasteiger partial charge < -0.3 is 14.8 Å². The Hall–Kier alpha value is 0.230. The average molecular weight is 287 g/mol. The van der Waals surface area contributed by atoms with Crippen molar-refractivity contribution in [3.63, 3.8) is 0 Å². The van der Waals surface area contributed by atoms with Gasteiger partial charge in [-0.25, -0.2) is 0 Å². The van der Waals surface area contributed by atoms with Crippen LogP contribution in [0.5, 0.6) is 0 Å². The number of rotatable bonds is 6. The van der Waals surface area contributed by atoms with E-state index in [1.807, 2.05) is 11.8 Å². The van der Waals surface area contributed by atoms with Crippen LogP contribution in [0.1, 0.15) is 40.0 Å². The highest BCUT2D eigenvalue weighted by Gasteiger charge is 2.40. The van der Waals surface area contributed by atoms with Crippen molar-refractivity contribution < 1.29 is 9.47 Å². The molecule has 1 spiro atoms. The van der Waals surface area contributed by atoms with E-state index in [9.17, 15) is 0 Å². The zero-order valence-electron chi connectivity index (χ0n) is 12.6. The van der Waals surface area contributed by atoms with Crippen LogP contribution in [0.25, 0.3) is 0 Å². The van der Waals surface area contributed by atoms with Gasteiger partial charge in [0.2, 0.25) is 0 Å². The Balaban J connectivity index is 1.85. The second-order valence-electron chi connectivity index (χ2n) is 6.20. The molecule has 2 heterocycles. The third-order valence-electron chi connectivity index (χ3n) is 4.32. The van der Waals surface area contributed by atoms with Gasteiger partial charge >= 0.3 is 0 Å². The van der Waals surface area contributed by atoms with Crippen molar-refractivity contribution in [1.29, 1.82) is 0 Å². The minimum atomic E-state index is 0.174. The van der Waals surface area contributed by atoms with Crippen LogP contribution in [0.4, 0.5) is 0 Å². The van der Waals surface area contributed by atoms with Gasteiger partial charge in [0.1, 0.15) is 0 Å². The quantitative estimate of drug-likeness (QED) is 0.813. The fourth-order valence-electron chi connectivity index (χ4n) is 3.01. The van der Waals surface area contributed by atoms with E-state index in [2.05, 4.69) is 26.1 Å². The lowest BCUT2D eigenvalue weighted by atomic mass is 9.89. The van der Waals surface area contributed by atoms with E-state index in [1.54, 1.807) is 0 Å². The van der Waals surface area contributed by atoms with Gasteiger partial charge in [-0.3, -0.25) is 0 Å². The van der Waals surface area contributed by atoms with E-state index in [4.69, 9.17) is 9.47 Å². The highest BCUT2D eigenvalue weighted by Crippen LogP contribution is 2.38. The second kappa shape index (κ2) is 7.30. The fourth-order valence-corrected chi connectivity index (χ4v) is 4.39. The third-order valence-corrected chi connectivity index (χ3v) is 5.54. The molecule has 1 N–H and O–H groups in total. The van der Waals surface area contributed by atoms with Gasteiger partial charge in [-0.05, 0) is 37.9 Å². The Morgan fingerprint density at radius 2 is 2.32 bits per heavy atom. The lowest BCUT2D eigenvalue weighted by molar-refractivity contribution is -0.0732. The van der Waals surface area contributed by atoms with Crippen LogP contribution in [0.3, 0.4) is 0 Å². The van der Waals surface area contributed by atoms with Gasteiger partial charge in [-0.1, -0.05) is 13.8 Å². The van der Waals surface area contributed by atoms with E-state index in [0.29, 0.717) is 18.0 Å². The first kappa shape index (κ1) is 15.6. The summed E-state index contributed by atoms with van der Waals surface area (Å²) in [7, 11) is 0. The smallest absolute Gasteiger partial charge is 0.0795 e. The monoisotopic (exact) mass is 287 g/mol. The summed E-state index contributed by atoms with van der Waals surface area (Å²) in [6.45, 7) is 9.16. The first-order chi connectivity index (χ1) is 9.15. The third kappa shape index (κ3) is 4.35. The van der Waals surface area contributed by atoms with Gasteiger partial charge in [-0.15, -0.1) is 0 Å².